The van der Waals surface area contributed by atoms with Crippen LogP contribution >= 0.6 is 0 Å². The Morgan fingerprint density at radius 2 is 1.71 bits per heavy atom. The number of aromatic hydroxyl groups is 1. The number of benzene rings is 1. The van der Waals surface area contributed by atoms with Crippen molar-refractivity contribution in [2.24, 2.45) is 5.84 Å². The van der Waals surface area contributed by atoms with Gasteiger partial charge in [0.15, 0.2) is 0 Å². The number of rotatable bonds is 4. The molecule has 0 saturated heterocycles. The monoisotopic (exact) mass is 229 g/mol. The molecule has 2 aromatic rings. The van der Waals surface area contributed by atoms with E-state index in [0.29, 0.717) is 0 Å². The van der Waals surface area contributed by atoms with E-state index in [1.165, 1.54) is 0 Å². The Morgan fingerprint density at radius 3 is 2.35 bits per heavy atom. The van der Waals surface area contributed by atoms with Gasteiger partial charge in [0.25, 0.3) is 0 Å². The van der Waals surface area contributed by atoms with Gasteiger partial charge in [0.1, 0.15) is 5.75 Å². The Hall–Kier alpha value is -2.07. The van der Waals surface area contributed by atoms with E-state index in [2.05, 4.69) is 4.98 Å². The maximum Gasteiger partial charge on any atom is 0.115 e. The van der Waals surface area contributed by atoms with E-state index >= 15 is 0 Å². The van der Waals surface area contributed by atoms with Crippen LogP contribution in [0.5, 0.6) is 5.75 Å². The van der Waals surface area contributed by atoms with Gasteiger partial charge in [-0.25, -0.2) is 5.84 Å². The molecular formula is C13H15N3O. The lowest BCUT2D eigenvalue weighted by Gasteiger charge is -2.18. The van der Waals surface area contributed by atoms with Crippen molar-refractivity contribution >= 4 is 5.69 Å². The third-order valence-corrected chi connectivity index (χ3v) is 2.57. The van der Waals surface area contributed by atoms with Crippen LogP contribution in [0.4, 0.5) is 5.69 Å². The van der Waals surface area contributed by atoms with Gasteiger partial charge in [-0.15, -0.1) is 0 Å². The normalized spacial score (nSPS) is 10.2. The molecule has 0 bridgehead atoms. The number of hydrogen-bond donors (Lipinski definition) is 2. The molecule has 17 heavy (non-hydrogen) atoms. The summed E-state index contributed by atoms with van der Waals surface area (Å²) in [6.45, 7) is 0.717. The highest BCUT2D eigenvalue weighted by Crippen LogP contribution is 2.12. The number of pyridine rings is 1. The summed E-state index contributed by atoms with van der Waals surface area (Å²) in [5.41, 5.74) is 2.09. The molecule has 0 aliphatic rings. The van der Waals surface area contributed by atoms with Crippen LogP contribution in [0.3, 0.4) is 0 Å². The highest BCUT2D eigenvalue weighted by atomic mass is 16.3. The van der Waals surface area contributed by atoms with Crippen LogP contribution in [-0.4, -0.2) is 16.6 Å². The van der Waals surface area contributed by atoms with E-state index in [1.807, 2.05) is 24.3 Å². The Labute approximate surface area is 100 Å². The first-order valence-corrected chi connectivity index (χ1v) is 5.46. The molecule has 0 spiro atoms. The Balaban J connectivity index is 1.92. The van der Waals surface area contributed by atoms with Gasteiger partial charge in [-0.05, 0) is 36.2 Å². The highest BCUT2D eigenvalue weighted by molar-refractivity contribution is 5.42. The second-order valence-electron chi connectivity index (χ2n) is 3.82. The maximum atomic E-state index is 9.17. The summed E-state index contributed by atoms with van der Waals surface area (Å²) in [5, 5.41) is 10.9. The smallest absolute Gasteiger partial charge is 0.115 e. The van der Waals surface area contributed by atoms with Crippen molar-refractivity contribution in [2.75, 3.05) is 11.6 Å². The van der Waals surface area contributed by atoms with Crippen LogP contribution in [0.2, 0.25) is 0 Å². The summed E-state index contributed by atoms with van der Waals surface area (Å²) in [6, 6.07) is 10.9. The fourth-order valence-electron chi connectivity index (χ4n) is 1.58. The molecule has 1 heterocycles. The fraction of sp³-hybridized carbons (Fsp3) is 0.154. The van der Waals surface area contributed by atoms with Gasteiger partial charge in [0.2, 0.25) is 0 Å². The summed E-state index contributed by atoms with van der Waals surface area (Å²) < 4.78 is 0. The molecule has 0 saturated carbocycles. The molecule has 2 rings (SSSR count). The molecule has 0 unspecified atom stereocenters. The predicted molar refractivity (Wildman–Crippen MR) is 67.6 cm³/mol. The van der Waals surface area contributed by atoms with Gasteiger partial charge in [-0.1, -0.05) is 12.1 Å². The third kappa shape index (κ3) is 3.19. The standard InChI is InChI=1S/C13H15N3O/c14-16(12-5-8-15-9-6-12)10-7-11-1-3-13(17)4-2-11/h1-6,8-9,17H,7,10,14H2. The van der Waals surface area contributed by atoms with Gasteiger partial charge in [0.05, 0.1) is 5.69 Å². The molecule has 88 valence electrons. The summed E-state index contributed by atoms with van der Waals surface area (Å²) in [7, 11) is 0. The number of nitrogens with zero attached hydrogens (tertiary/aromatic N) is 2. The molecule has 0 fully saturated rings. The lowest BCUT2D eigenvalue weighted by molar-refractivity contribution is 0.475. The predicted octanol–water partition coefficient (Wildman–Crippen LogP) is 1.71. The van der Waals surface area contributed by atoms with Gasteiger partial charge < -0.3 is 10.1 Å². The van der Waals surface area contributed by atoms with Crippen molar-refractivity contribution in [1.29, 1.82) is 0 Å². The zero-order chi connectivity index (χ0) is 12.1. The summed E-state index contributed by atoms with van der Waals surface area (Å²) in [6.07, 6.45) is 4.27. The van der Waals surface area contributed by atoms with Crippen molar-refractivity contribution in [3.63, 3.8) is 0 Å². The van der Waals surface area contributed by atoms with Crippen LogP contribution in [0.15, 0.2) is 48.8 Å². The van der Waals surface area contributed by atoms with Gasteiger partial charge in [-0.3, -0.25) is 4.98 Å². The Kier molecular flexibility index (Phi) is 3.57. The zero-order valence-corrected chi connectivity index (χ0v) is 9.45. The highest BCUT2D eigenvalue weighted by Gasteiger charge is 2.01. The number of phenolic OH excluding ortho intramolecular Hbond substituents is 1. The van der Waals surface area contributed by atoms with Gasteiger partial charge in [-0.2, -0.15) is 0 Å². The van der Waals surface area contributed by atoms with Gasteiger partial charge in [0, 0.05) is 18.9 Å². The molecule has 0 aliphatic carbocycles. The van der Waals surface area contributed by atoms with Crippen molar-refractivity contribution in [3.05, 3.63) is 54.4 Å². The molecule has 0 aliphatic heterocycles. The molecule has 0 amide bonds. The SMILES string of the molecule is NN(CCc1ccc(O)cc1)c1ccncc1. The minimum atomic E-state index is 0.285. The number of phenols is 1. The maximum absolute atomic E-state index is 9.17. The van der Waals surface area contributed by atoms with Crippen molar-refractivity contribution in [3.8, 4) is 5.75 Å². The second-order valence-corrected chi connectivity index (χ2v) is 3.82. The largest absolute Gasteiger partial charge is 0.508 e. The van der Waals surface area contributed by atoms with Crippen LogP contribution in [0.1, 0.15) is 5.56 Å². The zero-order valence-electron chi connectivity index (χ0n) is 9.45. The van der Waals surface area contributed by atoms with E-state index in [-0.39, 0.29) is 5.75 Å². The third-order valence-electron chi connectivity index (χ3n) is 2.57. The first-order valence-electron chi connectivity index (χ1n) is 5.46. The molecule has 0 atom stereocenters. The molecule has 1 aromatic carbocycles. The number of hydrazine groups is 1. The van der Waals surface area contributed by atoms with E-state index in [1.54, 1.807) is 29.5 Å². The summed E-state index contributed by atoms with van der Waals surface area (Å²) in [5.74, 6) is 6.21. The van der Waals surface area contributed by atoms with Crippen LogP contribution in [-0.2, 0) is 6.42 Å². The van der Waals surface area contributed by atoms with Crippen molar-refractivity contribution < 1.29 is 5.11 Å². The Bertz CT molecular complexity index is 456. The van der Waals surface area contributed by atoms with Crippen molar-refractivity contribution in [2.45, 2.75) is 6.42 Å². The molecular weight excluding hydrogens is 214 g/mol. The topological polar surface area (TPSA) is 62.4 Å². The van der Waals surface area contributed by atoms with E-state index in [0.717, 1.165) is 24.2 Å². The van der Waals surface area contributed by atoms with E-state index in [9.17, 15) is 5.11 Å². The average molecular weight is 229 g/mol. The quantitative estimate of drug-likeness (QED) is 0.619. The first-order chi connectivity index (χ1) is 8.25. The van der Waals surface area contributed by atoms with Crippen LogP contribution < -0.4 is 10.9 Å². The number of anilines is 1. The fourth-order valence-corrected chi connectivity index (χ4v) is 1.58. The Morgan fingerprint density at radius 1 is 1.06 bits per heavy atom. The molecule has 0 radical (unpaired) electrons. The second kappa shape index (κ2) is 5.32. The van der Waals surface area contributed by atoms with E-state index in [4.69, 9.17) is 5.84 Å². The number of aromatic nitrogens is 1. The average Bonchev–Trinajstić information content (AvgIpc) is 2.39. The first kappa shape index (κ1) is 11.4. The van der Waals surface area contributed by atoms with Gasteiger partial charge >= 0.3 is 0 Å². The molecule has 4 nitrogen and oxygen atoms in total. The minimum Gasteiger partial charge on any atom is -0.508 e. The van der Waals surface area contributed by atoms with Crippen molar-refractivity contribution in [1.82, 2.24) is 4.98 Å². The molecule has 1 aromatic heterocycles. The van der Waals surface area contributed by atoms with E-state index < -0.39 is 0 Å². The number of hydrogen-bond acceptors (Lipinski definition) is 4. The molecule has 4 heteroatoms. The minimum absolute atomic E-state index is 0.285. The van der Waals surface area contributed by atoms with Crippen LogP contribution in [0.25, 0.3) is 0 Å². The molecule has 3 N–H and O–H groups in total. The number of nitrogens with two attached hydrogens (primary N) is 1. The lowest BCUT2D eigenvalue weighted by Crippen LogP contribution is -2.32. The van der Waals surface area contributed by atoms with Crippen LogP contribution in [0, 0.1) is 0 Å². The lowest BCUT2D eigenvalue weighted by atomic mass is 10.1. The summed E-state index contributed by atoms with van der Waals surface area (Å²) >= 11 is 0. The summed E-state index contributed by atoms with van der Waals surface area (Å²) in [4.78, 5) is 3.95.